The third kappa shape index (κ3) is 7.35. The Kier molecular flexibility index (Phi) is 9.22. The molecule has 186 valence electrons. The van der Waals surface area contributed by atoms with Crippen LogP contribution in [0.4, 0.5) is 4.79 Å². The Balaban J connectivity index is 1.74. The number of thiophene rings is 1. The van der Waals surface area contributed by atoms with Crippen LogP contribution < -0.4 is 10.1 Å². The van der Waals surface area contributed by atoms with E-state index in [0.29, 0.717) is 43.5 Å². The Labute approximate surface area is 211 Å². The Morgan fingerprint density at radius 1 is 1.24 bits per heavy atom. The molecule has 9 heteroatoms. The summed E-state index contributed by atoms with van der Waals surface area (Å²) >= 11 is 7.69. The van der Waals surface area contributed by atoms with Gasteiger partial charge in [0.25, 0.3) is 0 Å². The summed E-state index contributed by atoms with van der Waals surface area (Å²) in [6.45, 7) is 7.65. The van der Waals surface area contributed by atoms with E-state index in [-0.39, 0.29) is 24.5 Å². The van der Waals surface area contributed by atoms with Crippen LogP contribution in [0.1, 0.15) is 43.7 Å². The minimum absolute atomic E-state index is 0.00252. The summed E-state index contributed by atoms with van der Waals surface area (Å²) in [5.41, 5.74) is 0.717. The number of amides is 3. The minimum atomic E-state index is -0.398. The fourth-order valence-corrected chi connectivity index (χ4v) is 4.94. The van der Waals surface area contributed by atoms with E-state index in [1.807, 2.05) is 37.8 Å². The van der Waals surface area contributed by atoms with E-state index >= 15 is 0 Å². The molecule has 1 aromatic carbocycles. The zero-order valence-electron chi connectivity index (χ0n) is 20.3. The highest BCUT2D eigenvalue weighted by Crippen LogP contribution is 2.34. The van der Waals surface area contributed by atoms with Crippen molar-refractivity contribution in [3.8, 4) is 5.75 Å². The molecule has 1 aliphatic rings. The van der Waals surface area contributed by atoms with Crippen molar-refractivity contribution >= 4 is 34.9 Å². The molecule has 7 nitrogen and oxygen atoms in total. The second kappa shape index (κ2) is 11.9. The van der Waals surface area contributed by atoms with Gasteiger partial charge >= 0.3 is 6.03 Å². The van der Waals surface area contributed by atoms with Crippen molar-refractivity contribution in [1.29, 1.82) is 0 Å². The number of rotatable bonds is 9. The molecule has 1 N–H and O–H groups in total. The standard InChI is InChI=1S/C25H34ClN3O4S/c1-25(2,3)27-24(31)28(12-5-14-32-4)16-23(30)29-13-10-22-20(11-15-34-22)21(29)17-33-19-8-6-18(26)7-9-19/h6-9,11,15,21H,5,10,12-14,16-17H2,1-4H3,(H,27,31)/t21-/m0/s1. The molecule has 3 amide bonds. The number of nitrogens with zero attached hydrogens (tertiary/aromatic N) is 2. The number of benzene rings is 1. The van der Waals surface area contributed by atoms with E-state index < -0.39 is 5.54 Å². The molecule has 0 spiro atoms. The molecule has 1 atom stereocenters. The maximum Gasteiger partial charge on any atom is 0.318 e. The lowest BCUT2D eigenvalue weighted by molar-refractivity contribution is -0.135. The molecule has 0 saturated carbocycles. The summed E-state index contributed by atoms with van der Waals surface area (Å²) in [7, 11) is 1.63. The highest BCUT2D eigenvalue weighted by Gasteiger charge is 2.33. The van der Waals surface area contributed by atoms with E-state index in [2.05, 4.69) is 16.8 Å². The van der Waals surface area contributed by atoms with Crippen LogP contribution in [-0.2, 0) is 16.0 Å². The summed E-state index contributed by atoms with van der Waals surface area (Å²) in [5.74, 6) is 0.605. The SMILES string of the molecule is COCCCN(CC(=O)N1CCc2sccc2[C@@H]1COc1ccc(Cl)cc1)C(=O)NC(C)(C)C. The van der Waals surface area contributed by atoms with Gasteiger partial charge in [-0.2, -0.15) is 0 Å². The van der Waals surface area contributed by atoms with Gasteiger partial charge in [0, 0.05) is 42.2 Å². The number of methoxy groups -OCH3 is 1. The molecule has 0 fully saturated rings. The van der Waals surface area contributed by atoms with E-state index in [0.717, 1.165) is 12.0 Å². The van der Waals surface area contributed by atoms with Crippen molar-refractivity contribution in [2.24, 2.45) is 0 Å². The van der Waals surface area contributed by atoms with Crippen LogP contribution in [0.2, 0.25) is 5.02 Å². The van der Waals surface area contributed by atoms with Gasteiger partial charge < -0.3 is 24.6 Å². The van der Waals surface area contributed by atoms with Crippen molar-refractivity contribution in [2.75, 3.05) is 40.0 Å². The third-order valence-electron chi connectivity index (χ3n) is 5.51. The quantitative estimate of drug-likeness (QED) is 0.497. The first-order valence-corrected chi connectivity index (χ1v) is 12.7. The van der Waals surface area contributed by atoms with Crippen molar-refractivity contribution in [3.05, 3.63) is 51.2 Å². The summed E-state index contributed by atoms with van der Waals surface area (Å²) in [6, 6.07) is 8.80. The average Bonchev–Trinajstić information content (AvgIpc) is 3.26. The first-order chi connectivity index (χ1) is 16.2. The van der Waals surface area contributed by atoms with Crippen molar-refractivity contribution < 1.29 is 19.1 Å². The van der Waals surface area contributed by atoms with Crippen LogP contribution in [-0.4, -0.2) is 67.2 Å². The number of hydrogen-bond donors (Lipinski definition) is 1. The van der Waals surface area contributed by atoms with Crippen LogP contribution in [0, 0.1) is 0 Å². The zero-order valence-corrected chi connectivity index (χ0v) is 21.9. The normalized spacial score (nSPS) is 15.6. The van der Waals surface area contributed by atoms with Gasteiger partial charge in [-0.15, -0.1) is 11.3 Å². The number of nitrogens with one attached hydrogen (secondary N) is 1. The molecule has 0 bridgehead atoms. The molecule has 0 saturated heterocycles. The van der Waals surface area contributed by atoms with E-state index in [1.165, 1.54) is 4.88 Å². The summed E-state index contributed by atoms with van der Waals surface area (Å²) < 4.78 is 11.2. The van der Waals surface area contributed by atoms with Crippen molar-refractivity contribution in [1.82, 2.24) is 15.1 Å². The van der Waals surface area contributed by atoms with Crippen LogP contribution in [0.3, 0.4) is 0 Å². The Bertz CT molecular complexity index is 958. The van der Waals surface area contributed by atoms with E-state index in [4.69, 9.17) is 21.1 Å². The molecule has 34 heavy (non-hydrogen) atoms. The number of halogens is 1. The topological polar surface area (TPSA) is 71.1 Å². The fourth-order valence-electron chi connectivity index (χ4n) is 3.89. The van der Waals surface area contributed by atoms with Gasteiger partial charge in [0.1, 0.15) is 18.9 Å². The molecule has 2 heterocycles. The Morgan fingerprint density at radius 2 is 1.97 bits per heavy atom. The number of carbonyl (C=O) groups is 2. The highest BCUT2D eigenvalue weighted by atomic mass is 35.5. The zero-order chi connectivity index (χ0) is 24.7. The van der Waals surface area contributed by atoms with E-state index in [9.17, 15) is 9.59 Å². The lowest BCUT2D eigenvalue weighted by Crippen LogP contribution is -2.53. The maximum atomic E-state index is 13.5. The fraction of sp³-hybridized carbons (Fsp3) is 0.520. The predicted molar refractivity (Wildman–Crippen MR) is 136 cm³/mol. The van der Waals surface area contributed by atoms with E-state index in [1.54, 1.807) is 35.5 Å². The molecule has 0 radical (unpaired) electrons. The summed E-state index contributed by atoms with van der Waals surface area (Å²) in [6.07, 6.45) is 1.45. The largest absolute Gasteiger partial charge is 0.491 e. The van der Waals surface area contributed by atoms with Crippen LogP contribution >= 0.6 is 22.9 Å². The second-order valence-corrected chi connectivity index (χ2v) is 10.8. The number of ether oxygens (including phenoxy) is 2. The number of urea groups is 1. The predicted octanol–water partition coefficient (Wildman–Crippen LogP) is 4.75. The minimum Gasteiger partial charge on any atom is -0.491 e. The lowest BCUT2D eigenvalue weighted by Gasteiger charge is -2.37. The second-order valence-electron chi connectivity index (χ2n) is 9.37. The van der Waals surface area contributed by atoms with Gasteiger partial charge in [-0.05, 0) is 74.9 Å². The number of fused-ring (bicyclic) bond motifs is 1. The highest BCUT2D eigenvalue weighted by molar-refractivity contribution is 7.10. The Hall–Kier alpha value is -2.29. The molecule has 1 aliphatic heterocycles. The van der Waals surface area contributed by atoms with Crippen molar-refractivity contribution in [2.45, 2.75) is 45.2 Å². The molecule has 1 aromatic heterocycles. The molecule has 0 unspecified atom stereocenters. The van der Waals surface area contributed by atoms with Gasteiger partial charge in [0.2, 0.25) is 5.91 Å². The average molecular weight is 508 g/mol. The van der Waals surface area contributed by atoms with Crippen molar-refractivity contribution in [3.63, 3.8) is 0 Å². The molecule has 2 aromatic rings. The molecular formula is C25H34ClN3O4S. The maximum absolute atomic E-state index is 13.5. The van der Waals surface area contributed by atoms with Crippen LogP contribution in [0.15, 0.2) is 35.7 Å². The summed E-state index contributed by atoms with van der Waals surface area (Å²) in [4.78, 5) is 31.1. The summed E-state index contributed by atoms with van der Waals surface area (Å²) in [5, 5.41) is 5.67. The lowest BCUT2D eigenvalue weighted by atomic mass is 10.0. The van der Waals surface area contributed by atoms with Crippen LogP contribution in [0.25, 0.3) is 0 Å². The first kappa shape index (κ1) is 26.3. The molecule has 3 rings (SSSR count). The smallest absolute Gasteiger partial charge is 0.318 e. The van der Waals surface area contributed by atoms with Gasteiger partial charge in [-0.25, -0.2) is 4.79 Å². The Morgan fingerprint density at radius 3 is 2.65 bits per heavy atom. The van der Waals surface area contributed by atoms with Gasteiger partial charge in [0.05, 0.1) is 6.04 Å². The molecular weight excluding hydrogens is 474 g/mol. The third-order valence-corrected chi connectivity index (χ3v) is 6.76. The van der Waals surface area contributed by atoms with Gasteiger partial charge in [0.15, 0.2) is 0 Å². The first-order valence-electron chi connectivity index (χ1n) is 11.5. The van der Waals surface area contributed by atoms with Gasteiger partial charge in [-0.1, -0.05) is 11.6 Å². The molecule has 0 aliphatic carbocycles. The number of carbonyl (C=O) groups excluding carboxylic acids is 2. The monoisotopic (exact) mass is 507 g/mol. The van der Waals surface area contributed by atoms with Gasteiger partial charge in [-0.3, -0.25) is 4.79 Å². The van der Waals surface area contributed by atoms with Crippen LogP contribution in [0.5, 0.6) is 5.75 Å². The number of hydrogen-bond acceptors (Lipinski definition) is 5.